The summed E-state index contributed by atoms with van der Waals surface area (Å²) in [6.07, 6.45) is 3.23. The number of carbonyl (C=O) groups excluding carboxylic acids is 2. The first-order valence-corrected chi connectivity index (χ1v) is 8.70. The summed E-state index contributed by atoms with van der Waals surface area (Å²) in [5, 5.41) is 7.96. The van der Waals surface area contributed by atoms with Crippen LogP contribution in [0.2, 0.25) is 0 Å². The molecule has 24 heavy (non-hydrogen) atoms. The molecule has 5 rings (SSSR count). The van der Waals surface area contributed by atoms with E-state index in [4.69, 9.17) is 14.2 Å². The van der Waals surface area contributed by atoms with Crippen molar-refractivity contribution >= 4 is 34.5 Å². The Kier molecular flexibility index (Phi) is 3.91. The second-order valence-corrected chi connectivity index (χ2v) is 6.97. The van der Waals surface area contributed by atoms with E-state index in [1.807, 2.05) is 27.5 Å². The molecule has 0 radical (unpaired) electrons. The summed E-state index contributed by atoms with van der Waals surface area (Å²) in [4.78, 5) is 25.8. The summed E-state index contributed by atoms with van der Waals surface area (Å²) < 4.78 is 17.8. The number of fused-ring (bicyclic) bond motifs is 2. The quantitative estimate of drug-likeness (QED) is 0.492. The van der Waals surface area contributed by atoms with Gasteiger partial charge in [-0.15, -0.1) is 10.2 Å². The number of carbonyl (C=O) groups is 2. The molecular formula is C15H14IN3O5. The van der Waals surface area contributed by atoms with E-state index >= 15 is 0 Å². The van der Waals surface area contributed by atoms with E-state index in [-0.39, 0.29) is 5.92 Å². The Hall–Kier alpha value is -1.75. The zero-order valence-electron chi connectivity index (χ0n) is 12.6. The van der Waals surface area contributed by atoms with Crippen LogP contribution in [0.1, 0.15) is 12.8 Å². The lowest BCUT2D eigenvalue weighted by molar-refractivity contribution is -0.349. The highest BCUT2D eigenvalue weighted by Gasteiger charge is 2.62. The average Bonchev–Trinajstić information content (AvgIpc) is 2.72. The van der Waals surface area contributed by atoms with Crippen molar-refractivity contribution in [3.05, 3.63) is 28.0 Å². The van der Waals surface area contributed by atoms with E-state index in [0.29, 0.717) is 19.0 Å². The van der Waals surface area contributed by atoms with Crippen LogP contribution in [0.3, 0.4) is 0 Å². The summed E-state index contributed by atoms with van der Waals surface area (Å²) >= 11 is 2.05. The van der Waals surface area contributed by atoms with Crippen molar-refractivity contribution in [1.29, 1.82) is 0 Å². The van der Waals surface area contributed by atoms with Gasteiger partial charge in [0.2, 0.25) is 5.88 Å². The molecule has 0 aromatic carbocycles. The van der Waals surface area contributed by atoms with Crippen molar-refractivity contribution in [3.63, 3.8) is 0 Å². The van der Waals surface area contributed by atoms with Gasteiger partial charge in [-0.1, -0.05) is 0 Å². The third-order valence-electron chi connectivity index (χ3n) is 4.47. The second-order valence-electron chi connectivity index (χ2n) is 5.86. The van der Waals surface area contributed by atoms with Crippen molar-refractivity contribution < 1.29 is 23.8 Å². The molecule has 0 unspecified atom stereocenters. The number of hydrogen-bond donors (Lipinski definition) is 0. The number of piperidine rings is 3. The summed E-state index contributed by atoms with van der Waals surface area (Å²) in [6.45, 7) is 1.34. The maximum Gasteiger partial charge on any atom is 0.359 e. The Morgan fingerprint density at radius 1 is 1.12 bits per heavy atom. The Morgan fingerprint density at radius 3 is 2.38 bits per heavy atom. The number of halogens is 1. The molecule has 0 amide bonds. The predicted octanol–water partition coefficient (Wildman–Crippen LogP) is 0.864. The molecule has 3 saturated heterocycles. The third kappa shape index (κ3) is 2.65. The van der Waals surface area contributed by atoms with Gasteiger partial charge in [-0.3, -0.25) is 0 Å². The molecule has 4 aliphatic rings. The van der Waals surface area contributed by atoms with E-state index in [2.05, 4.69) is 10.2 Å². The van der Waals surface area contributed by atoms with Gasteiger partial charge in [0.25, 0.3) is 0 Å². The van der Waals surface area contributed by atoms with Crippen molar-refractivity contribution in [3.8, 4) is 5.88 Å². The summed E-state index contributed by atoms with van der Waals surface area (Å²) in [5.74, 6) is -2.41. The summed E-state index contributed by atoms with van der Waals surface area (Å²) in [7, 11) is 0. The SMILES string of the molecule is O=C1C=CC(=O)OC2(O1)[C@@H](Oc1ccc(I)nn1)C1CCN2CC1. The van der Waals surface area contributed by atoms with E-state index < -0.39 is 24.0 Å². The number of aromatic nitrogens is 2. The molecule has 3 fully saturated rings. The Balaban J connectivity index is 1.70. The van der Waals surface area contributed by atoms with Gasteiger partial charge in [0.15, 0.2) is 6.10 Å². The van der Waals surface area contributed by atoms with Crippen molar-refractivity contribution in [2.75, 3.05) is 13.1 Å². The molecule has 2 bridgehead atoms. The van der Waals surface area contributed by atoms with E-state index in [1.54, 1.807) is 12.1 Å². The first kappa shape index (κ1) is 15.8. The van der Waals surface area contributed by atoms with Crippen molar-refractivity contribution in [1.82, 2.24) is 15.1 Å². The molecule has 126 valence electrons. The lowest BCUT2D eigenvalue weighted by Crippen LogP contribution is -2.71. The van der Waals surface area contributed by atoms with Crippen LogP contribution in [-0.4, -0.2) is 52.1 Å². The summed E-state index contributed by atoms with van der Waals surface area (Å²) in [6, 6.07) is 3.46. The Labute approximate surface area is 151 Å². The van der Waals surface area contributed by atoms with Crippen LogP contribution >= 0.6 is 22.6 Å². The minimum absolute atomic E-state index is 0.0924. The van der Waals surface area contributed by atoms with Crippen LogP contribution in [-0.2, 0) is 19.1 Å². The molecule has 0 aliphatic carbocycles. The lowest BCUT2D eigenvalue weighted by Gasteiger charge is -2.54. The van der Waals surface area contributed by atoms with Gasteiger partial charge in [-0.2, -0.15) is 0 Å². The molecule has 8 nitrogen and oxygen atoms in total. The normalized spacial score (nSPS) is 30.6. The maximum absolute atomic E-state index is 12.0. The van der Waals surface area contributed by atoms with Crippen LogP contribution in [0.25, 0.3) is 0 Å². The zero-order chi connectivity index (χ0) is 16.7. The predicted molar refractivity (Wildman–Crippen MR) is 87.5 cm³/mol. The monoisotopic (exact) mass is 443 g/mol. The van der Waals surface area contributed by atoms with Crippen LogP contribution in [0.15, 0.2) is 24.3 Å². The van der Waals surface area contributed by atoms with E-state index in [0.717, 1.165) is 28.7 Å². The second kappa shape index (κ2) is 5.96. The zero-order valence-corrected chi connectivity index (χ0v) is 14.7. The standard InChI is InChI=1S/C15H14IN3O5/c16-10-1-2-11(18-17-10)22-14-9-5-7-19(8-6-9)15(14)23-12(20)3-4-13(21)24-15/h1-4,9,14H,5-8H2/t14-/m0/s1. The third-order valence-corrected chi connectivity index (χ3v) is 5.05. The molecule has 4 aliphatic heterocycles. The molecule has 1 aromatic heterocycles. The van der Waals surface area contributed by atoms with Gasteiger partial charge in [0.05, 0.1) is 0 Å². The number of nitrogens with zero attached hydrogens (tertiary/aromatic N) is 3. The maximum atomic E-state index is 12.0. The molecule has 1 spiro atoms. The molecule has 0 saturated carbocycles. The summed E-state index contributed by atoms with van der Waals surface area (Å²) in [5.41, 5.74) is 0. The van der Waals surface area contributed by atoms with Crippen LogP contribution in [0.5, 0.6) is 5.88 Å². The largest absolute Gasteiger partial charge is 0.463 e. The average molecular weight is 443 g/mol. The molecule has 1 aromatic rings. The first-order chi connectivity index (χ1) is 11.6. The molecular weight excluding hydrogens is 429 g/mol. The van der Waals surface area contributed by atoms with E-state index in [1.165, 1.54) is 0 Å². The van der Waals surface area contributed by atoms with Gasteiger partial charge in [-0.05, 0) is 41.5 Å². The van der Waals surface area contributed by atoms with Crippen LogP contribution in [0, 0.1) is 9.62 Å². The smallest absolute Gasteiger partial charge is 0.359 e. The van der Waals surface area contributed by atoms with Crippen LogP contribution in [0.4, 0.5) is 0 Å². The molecule has 0 N–H and O–H groups in total. The van der Waals surface area contributed by atoms with Crippen molar-refractivity contribution in [2.24, 2.45) is 5.92 Å². The topological polar surface area (TPSA) is 90.9 Å². The van der Waals surface area contributed by atoms with Gasteiger partial charge in [0, 0.05) is 37.2 Å². The highest BCUT2D eigenvalue weighted by atomic mass is 127. The number of rotatable bonds is 2. The van der Waals surface area contributed by atoms with Gasteiger partial charge >= 0.3 is 17.8 Å². The number of hydrogen-bond acceptors (Lipinski definition) is 8. The molecule has 9 heteroatoms. The van der Waals surface area contributed by atoms with E-state index in [9.17, 15) is 9.59 Å². The fraction of sp³-hybridized carbons (Fsp3) is 0.467. The minimum Gasteiger partial charge on any atom is -0.463 e. The molecule has 5 heterocycles. The van der Waals surface area contributed by atoms with Gasteiger partial charge < -0.3 is 14.2 Å². The number of esters is 2. The Morgan fingerprint density at radius 2 is 1.79 bits per heavy atom. The highest BCUT2D eigenvalue weighted by molar-refractivity contribution is 14.1. The number of ether oxygens (including phenoxy) is 3. The fourth-order valence-electron chi connectivity index (χ4n) is 3.42. The van der Waals surface area contributed by atoms with Gasteiger partial charge in [0.1, 0.15) is 3.70 Å². The first-order valence-electron chi connectivity index (χ1n) is 7.62. The lowest BCUT2D eigenvalue weighted by atomic mass is 9.82. The van der Waals surface area contributed by atoms with Gasteiger partial charge in [-0.25, -0.2) is 14.5 Å². The minimum atomic E-state index is -1.55. The highest BCUT2D eigenvalue weighted by Crippen LogP contribution is 2.43. The van der Waals surface area contributed by atoms with Crippen LogP contribution < -0.4 is 4.74 Å². The van der Waals surface area contributed by atoms with Crippen molar-refractivity contribution in [2.45, 2.75) is 24.9 Å². The molecule has 1 atom stereocenters. The fourth-order valence-corrected chi connectivity index (χ4v) is 3.71. The Bertz CT molecular complexity index is 680.